The summed E-state index contributed by atoms with van der Waals surface area (Å²) in [5.41, 5.74) is 1.85. The van der Waals surface area contributed by atoms with Crippen LogP contribution in [0.25, 0.3) is 0 Å². The second-order valence-electron chi connectivity index (χ2n) is 6.52. The van der Waals surface area contributed by atoms with E-state index in [1.165, 1.54) is 6.07 Å². The highest BCUT2D eigenvalue weighted by atomic mass is 16.6. The van der Waals surface area contributed by atoms with Gasteiger partial charge in [0.1, 0.15) is 18.9 Å². The lowest BCUT2D eigenvalue weighted by atomic mass is 10.0. The molecular weight excluding hydrogens is 372 g/mol. The Kier molecular flexibility index (Phi) is 5.11. The van der Waals surface area contributed by atoms with E-state index >= 15 is 0 Å². The average molecular weight is 390 g/mol. The highest BCUT2D eigenvalue weighted by molar-refractivity contribution is 6.09. The molecule has 1 aliphatic heterocycles. The Bertz CT molecular complexity index is 1070. The van der Waals surface area contributed by atoms with Gasteiger partial charge in [0.25, 0.3) is 5.69 Å². The summed E-state index contributed by atoms with van der Waals surface area (Å²) in [7, 11) is 0. The number of benzene rings is 3. The number of rotatable bonds is 6. The van der Waals surface area contributed by atoms with E-state index in [0.29, 0.717) is 42.5 Å². The molecule has 7 heteroatoms. The van der Waals surface area contributed by atoms with Crippen molar-refractivity contribution < 1.29 is 19.2 Å². The van der Waals surface area contributed by atoms with Crippen LogP contribution in [-0.4, -0.2) is 23.9 Å². The largest absolute Gasteiger partial charge is 0.486 e. The summed E-state index contributed by atoms with van der Waals surface area (Å²) in [6.45, 7) is 1.38. The Morgan fingerprint density at radius 1 is 0.931 bits per heavy atom. The van der Waals surface area contributed by atoms with Gasteiger partial charge in [-0.1, -0.05) is 36.4 Å². The van der Waals surface area contributed by atoms with E-state index in [4.69, 9.17) is 9.47 Å². The first kappa shape index (κ1) is 18.5. The van der Waals surface area contributed by atoms with Crippen molar-refractivity contribution in [1.82, 2.24) is 0 Å². The number of nitrogens with zero attached hydrogens (tertiary/aromatic N) is 1. The van der Waals surface area contributed by atoms with E-state index in [0.717, 1.165) is 5.56 Å². The van der Waals surface area contributed by atoms with E-state index in [1.807, 2.05) is 24.3 Å². The topological polar surface area (TPSA) is 90.7 Å². The zero-order chi connectivity index (χ0) is 20.2. The van der Waals surface area contributed by atoms with Crippen molar-refractivity contribution in [3.8, 4) is 11.5 Å². The van der Waals surface area contributed by atoms with E-state index in [9.17, 15) is 14.9 Å². The number of nitrogens with one attached hydrogen (secondary N) is 1. The molecule has 0 spiro atoms. The van der Waals surface area contributed by atoms with Crippen molar-refractivity contribution in [1.29, 1.82) is 0 Å². The van der Waals surface area contributed by atoms with Gasteiger partial charge in [0.2, 0.25) is 0 Å². The molecule has 0 unspecified atom stereocenters. The smallest absolute Gasteiger partial charge is 0.293 e. The van der Waals surface area contributed by atoms with Crippen molar-refractivity contribution >= 4 is 17.2 Å². The second kappa shape index (κ2) is 8.02. The lowest BCUT2D eigenvalue weighted by Crippen LogP contribution is -2.15. The molecule has 0 amide bonds. The van der Waals surface area contributed by atoms with Crippen LogP contribution in [0.4, 0.5) is 11.4 Å². The maximum atomic E-state index is 12.6. The molecule has 1 N–H and O–H groups in total. The van der Waals surface area contributed by atoms with E-state index in [2.05, 4.69) is 5.32 Å². The molecule has 0 atom stereocenters. The standard InChI is InChI=1S/C22H18N2O5/c25-22(16-4-2-1-3-5-16)17-7-8-18(19(13-17)24(26)27)23-14-15-6-9-20-21(12-15)29-11-10-28-20/h1-9,12-13,23H,10-11,14H2. The molecule has 0 saturated carbocycles. The Morgan fingerprint density at radius 3 is 2.45 bits per heavy atom. The summed E-state index contributed by atoms with van der Waals surface area (Å²) < 4.78 is 11.1. The lowest BCUT2D eigenvalue weighted by molar-refractivity contribution is -0.384. The summed E-state index contributed by atoms with van der Waals surface area (Å²) >= 11 is 0. The number of nitro groups is 1. The molecule has 3 aromatic carbocycles. The predicted molar refractivity (Wildman–Crippen MR) is 108 cm³/mol. The maximum absolute atomic E-state index is 12.6. The predicted octanol–water partition coefficient (Wildman–Crippen LogP) is 4.21. The molecule has 0 bridgehead atoms. The van der Waals surface area contributed by atoms with Gasteiger partial charge in [0.15, 0.2) is 17.3 Å². The summed E-state index contributed by atoms with van der Waals surface area (Å²) in [5, 5.41) is 14.6. The highest BCUT2D eigenvalue weighted by Crippen LogP contribution is 2.32. The van der Waals surface area contributed by atoms with Crippen LogP contribution in [0.3, 0.4) is 0 Å². The van der Waals surface area contributed by atoms with Crippen LogP contribution in [0.2, 0.25) is 0 Å². The molecular formula is C22H18N2O5. The number of nitro benzene ring substituents is 1. The maximum Gasteiger partial charge on any atom is 0.293 e. The third-order valence-electron chi connectivity index (χ3n) is 4.58. The fraction of sp³-hybridized carbons (Fsp3) is 0.136. The molecule has 0 radical (unpaired) electrons. The Labute approximate surface area is 167 Å². The van der Waals surface area contributed by atoms with Gasteiger partial charge in [-0.25, -0.2) is 0 Å². The minimum atomic E-state index is -0.492. The van der Waals surface area contributed by atoms with Crippen molar-refractivity contribution in [3.63, 3.8) is 0 Å². The van der Waals surface area contributed by atoms with Crippen LogP contribution >= 0.6 is 0 Å². The third-order valence-corrected chi connectivity index (χ3v) is 4.58. The first-order valence-corrected chi connectivity index (χ1v) is 9.12. The van der Waals surface area contributed by atoms with Gasteiger partial charge in [-0.15, -0.1) is 0 Å². The van der Waals surface area contributed by atoms with Crippen molar-refractivity contribution in [3.05, 3.63) is 93.5 Å². The number of ketones is 1. The molecule has 1 aliphatic rings. The minimum Gasteiger partial charge on any atom is -0.486 e. The SMILES string of the molecule is O=C(c1ccccc1)c1ccc(NCc2ccc3c(c2)OCCO3)c([N+](=O)[O-])c1. The molecule has 0 aromatic heterocycles. The fourth-order valence-corrected chi connectivity index (χ4v) is 3.12. The quantitative estimate of drug-likeness (QED) is 0.385. The zero-order valence-electron chi connectivity index (χ0n) is 15.5. The monoisotopic (exact) mass is 390 g/mol. The normalized spacial score (nSPS) is 12.3. The van der Waals surface area contributed by atoms with Crippen LogP contribution in [0.1, 0.15) is 21.5 Å². The Hall–Kier alpha value is -3.87. The van der Waals surface area contributed by atoms with Crippen LogP contribution < -0.4 is 14.8 Å². The first-order chi connectivity index (χ1) is 14.1. The molecule has 146 valence electrons. The van der Waals surface area contributed by atoms with Crippen LogP contribution in [0.5, 0.6) is 11.5 Å². The van der Waals surface area contributed by atoms with Crippen molar-refractivity contribution in [2.24, 2.45) is 0 Å². The number of carbonyl (C=O) groups is 1. The van der Waals surface area contributed by atoms with Crippen molar-refractivity contribution in [2.45, 2.75) is 6.54 Å². The highest BCUT2D eigenvalue weighted by Gasteiger charge is 2.19. The summed E-state index contributed by atoms with van der Waals surface area (Å²) in [4.78, 5) is 23.6. The zero-order valence-corrected chi connectivity index (χ0v) is 15.5. The van der Waals surface area contributed by atoms with Gasteiger partial charge < -0.3 is 14.8 Å². The minimum absolute atomic E-state index is 0.149. The number of hydrogen-bond acceptors (Lipinski definition) is 6. The molecule has 3 aromatic rings. The summed E-state index contributed by atoms with van der Waals surface area (Å²) in [5.74, 6) is 1.09. The molecule has 4 rings (SSSR count). The second-order valence-corrected chi connectivity index (χ2v) is 6.52. The Morgan fingerprint density at radius 2 is 1.69 bits per heavy atom. The molecule has 7 nitrogen and oxygen atoms in total. The third kappa shape index (κ3) is 4.03. The van der Waals surface area contributed by atoms with Gasteiger partial charge >= 0.3 is 0 Å². The van der Waals surface area contributed by atoms with Crippen LogP contribution in [0.15, 0.2) is 66.7 Å². The van der Waals surface area contributed by atoms with Gasteiger partial charge in [0.05, 0.1) is 4.92 Å². The molecule has 0 saturated heterocycles. The first-order valence-electron chi connectivity index (χ1n) is 9.12. The Balaban J connectivity index is 1.54. The number of fused-ring (bicyclic) bond motifs is 1. The molecule has 1 heterocycles. The average Bonchev–Trinajstić information content (AvgIpc) is 2.77. The van der Waals surface area contributed by atoms with Gasteiger partial charge in [-0.05, 0) is 29.8 Å². The van der Waals surface area contributed by atoms with Crippen molar-refractivity contribution in [2.75, 3.05) is 18.5 Å². The summed E-state index contributed by atoms with van der Waals surface area (Å²) in [6, 6.07) is 18.7. The molecule has 0 aliphatic carbocycles. The lowest BCUT2D eigenvalue weighted by Gasteiger charge is -2.19. The van der Waals surface area contributed by atoms with E-state index < -0.39 is 4.92 Å². The summed E-state index contributed by atoms with van der Waals surface area (Å²) in [6.07, 6.45) is 0. The van der Waals surface area contributed by atoms with Gasteiger partial charge in [-0.3, -0.25) is 14.9 Å². The van der Waals surface area contributed by atoms with Crippen LogP contribution in [0, 0.1) is 10.1 Å². The number of ether oxygens (including phenoxy) is 2. The van der Waals surface area contributed by atoms with Crippen LogP contribution in [-0.2, 0) is 6.54 Å². The van der Waals surface area contributed by atoms with Gasteiger partial charge in [0, 0.05) is 23.7 Å². The fourth-order valence-electron chi connectivity index (χ4n) is 3.12. The van der Waals surface area contributed by atoms with Gasteiger partial charge in [-0.2, -0.15) is 0 Å². The number of hydrogen-bond donors (Lipinski definition) is 1. The molecule has 0 fully saturated rings. The number of carbonyl (C=O) groups excluding carboxylic acids is 1. The van der Waals surface area contributed by atoms with E-state index in [1.54, 1.807) is 36.4 Å². The molecule has 29 heavy (non-hydrogen) atoms. The number of anilines is 1. The van der Waals surface area contributed by atoms with E-state index in [-0.39, 0.29) is 17.0 Å².